The summed E-state index contributed by atoms with van der Waals surface area (Å²) in [5.41, 5.74) is 2.73. The molecule has 1 aliphatic heterocycles. The number of allylic oxidation sites excluding steroid dienone is 1. The van der Waals surface area contributed by atoms with Crippen LogP contribution >= 0.6 is 11.9 Å². The van der Waals surface area contributed by atoms with Gasteiger partial charge in [0, 0.05) is 23.1 Å². The molecule has 0 aromatic heterocycles. The van der Waals surface area contributed by atoms with Crippen LogP contribution in [0.2, 0.25) is 0 Å². The first-order valence-electron chi connectivity index (χ1n) is 2.13. The van der Waals surface area contributed by atoms with Gasteiger partial charge >= 0.3 is 0 Å². The molecule has 0 saturated carbocycles. The third kappa shape index (κ3) is 0.873. The maximum atomic E-state index is 8.24. The summed E-state index contributed by atoms with van der Waals surface area (Å²) in [4.78, 5) is 1.10. The van der Waals surface area contributed by atoms with Crippen molar-refractivity contribution < 1.29 is 0 Å². The Balaban J connectivity index is 2.47. The Morgan fingerprint density at radius 3 is 3.00 bits per heavy atom. The predicted octanol–water partition coefficient (Wildman–Crippen LogP) is 0.797. The Morgan fingerprint density at radius 1 is 2.00 bits per heavy atom. The maximum Gasteiger partial charge on any atom is 0.211 e. The van der Waals surface area contributed by atoms with Crippen LogP contribution in [0.3, 0.4) is 0 Å². The van der Waals surface area contributed by atoms with E-state index in [2.05, 4.69) is 5.43 Å². The molecular formula is C4H5N3S. The molecule has 8 heavy (non-hydrogen) atoms. The van der Waals surface area contributed by atoms with Crippen molar-refractivity contribution in [1.29, 1.82) is 5.26 Å². The van der Waals surface area contributed by atoms with E-state index >= 15 is 0 Å². The number of nitriles is 1. The number of hydrogen-bond acceptors (Lipinski definition) is 4. The van der Waals surface area contributed by atoms with Gasteiger partial charge in [0.2, 0.25) is 6.19 Å². The molecular weight excluding hydrogens is 122 g/mol. The van der Waals surface area contributed by atoms with Crippen molar-refractivity contribution in [3.05, 3.63) is 11.1 Å². The van der Waals surface area contributed by atoms with Crippen molar-refractivity contribution in [2.75, 3.05) is 0 Å². The van der Waals surface area contributed by atoms with Gasteiger partial charge in [0.25, 0.3) is 0 Å². The van der Waals surface area contributed by atoms with Gasteiger partial charge in [-0.15, -0.1) is 0 Å². The monoisotopic (exact) mass is 127 g/mol. The van der Waals surface area contributed by atoms with Crippen LogP contribution in [-0.2, 0) is 0 Å². The van der Waals surface area contributed by atoms with Crippen LogP contribution < -0.4 is 5.43 Å². The highest BCUT2D eigenvalue weighted by Gasteiger charge is 2.07. The lowest BCUT2D eigenvalue weighted by atomic mass is 10.7. The van der Waals surface area contributed by atoms with Crippen molar-refractivity contribution in [1.82, 2.24) is 9.84 Å². The van der Waals surface area contributed by atoms with Crippen LogP contribution in [-0.4, -0.2) is 4.41 Å². The van der Waals surface area contributed by atoms with E-state index in [1.54, 1.807) is 6.20 Å². The highest BCUT2D eigenvalue weighted by molar-refractivity contribution is 8.01. The SMILES string of the molecule is CC1=CNN(C#N)S1. The molecule has 42 valence electrons. The molecule has 1 aliphatic rings. The standard InChI is InChI=1S/C4H5N3S/c1-4-2-6-7(3-5)8-4/h2,6H,1H3. The first kappa shape index (κ1) is 5.32. The number of rotatable bonds is 0. The van der Waals surface area contributed by atoms with E-state index in [9.17, 15) is 0 Å². The lowest BCUT2D eigenvalue weighted by molar-refractivity contribution is 0.573. The number of hydrazine groups is 1. The van der Waals surface area contributed by atoms with E-state index in [1.807, 2.05) is 13.1 Å². The number of nitrogens with zero attached hydrogens (tertiary/aromatic N) is 2. The van der Waals surface area contributed by atoms with Crippen LogP contribution in [0.25, 0.3) is 0 Å². The normalized spacial score (nSPS) is 17.0. The minimum absolute atomic E-state index is 1.10. The van der Waals surface area contributed by atoms with Gasteiger partial charge in [-0.05, 0) is 6.92 Å². The zero-order chi connectivity index (χ0) is 5.98. The number of nitrogens with one attached hydrogen (secondary N) is 1. The molecule has 0 aromatic carbocycles. The fourth-order valence-corrected chi connectivity index (χ4v) is 0.935. The molecule has 0 saturated heterocycles. The molecule has 1 N–H and O–H groups in total. The molecule has 0 amide bonds. The van der Waals surface area contributed by atoms with E-state index < -0.39 is 0 Å². The Kier molecular flexibility index (Phi) is 1.31. The van der Waals surface area contributed by atoms with Crippen molar-refractivity contribution in [3.63, 3.8) is 0 Å². The summed E-state index contributed by atoms with van der Waals surface area (Å²) in [6, 6.07) is 0. The van der Waals surface area contributed by atoms with Crippen LogP contribution in [0.15, 0.2) is 11.1 Å². The van der Waals surface area contributed by atoms with Gasteiger partial charge in [-0.25, -0.2) is 0 Å². The van der Waals surface area contributed by atoms with Crippen LogP contribution in [0.1, 0.15) is 6.92 Å². The second-order valence-corrected chi connectivity index (χ2v) is 2.56. The van der Waals surface area contributed by atoms with Gasteiger partial charge < -0.3 is 0 Å². The van der Waals surface area contributed by atoms with E-state index in [-0.39, 0.29) is 0 Å². The zero-order valence-electron chi connectivity index (χ0n) is 4.38. The Labute approximate surface area is 52.1 Å². The lowest BCUT2D eigenvalue weighted by Crippen LogP contribution is -2.16. The molecule has 0 atom stereocenters. The number of hydrogen-bond donors (Lipinski definition) is 1. The smallest absolute Gasteiger partial charge is 0.211 e. The molecule has 0 fully saturated rings. The van der Waals surface area contributed by atoms with Crippen LogP contribution in [0, 0.1) is 11.5 Å². The lowest BCUT2D eigenvalue weighted by Gasteiger charge is -2.01. The summed E-state index contributed by atoms with van der Waals surface area (Å²) in [5.74, 6) is 0. The maximum absolute atomic E-state index is 8.24. The topological polar surface area (TPSA) is 39.1 Å². The molecule has 4 heteroatoms. The summed E-state index contributed by atoms with van der Waals surface area (Å²) in [7, 11) is 0. The van der Waals surface area contributed by atoms with Gasteiger partial charge in [0.15, 0.2) is 0 Å². The van der Waals surface area contributed by atoms with Crippen molar-refractivity contribution in [2.24, 2.45) is 0 Å². The summed E-state index contributed by atoms with van der Waals surface area (Å²) in [5, 5.41) is 8.24. The fraction of sp³-hybridized carbons (Fsp3) is 0.250. The summed E-state index contributed by atoms with van der Waals surface area (Å²) in [6.45, 7) is 1.94. The Morgan fingerprint density at radius 2 is 2.75 bits per heavy atom. The molecule has 0 aliphatic carbocycles. The molecule has 1 heterocycles. The largest absolute Gasteiger partial charge is 0.285 e. The second-order valence-electron chi connectivity index (χ2n) is 1.37. The highest BCUT2D eigenvalue weighted by atomic mass is 32.2. The predicted molar refractivity (Wildman–Crippen MR) is 31.9 cm³/mol. The first-order valence-corrected chi connectivity index (χ1v) is 2.91. The minimum Gasteiger partial charge on any atom is -0.285 e. The fourth-order valence-electron chi connectivity index (χ4n) is 0.396. The van der Waals surface area contributed by atoms with E-state index in [4.69, 9.17) is 5.26 Å². The molecule has 1 rings (SSSR count). The van der Waals surface area contributed by atoms with Gasteiger partial charge in [0.1, 0.15) is 0 Å². The molecule has 0 aromatic rings. The van der Waals surface area contributed by atoms with Gasteiger partial charge in [-0.2, -0.15) is 9.68 Å². The zero-order valence-corrected chi connectivity index (χ0v) is 5.20. The van der Waals surface area contributed by atoms with E-state index in [0.717, 1.165) is 4.91 Å². The van der Waals surface area contributed by atoms with Crippen LogP contribution in [0.5, 0.6) is 0 Å². The van der Waals surface area contributed by atoms with E-state index in [0.29, 0.717) is 0 Å². The molecule has 0 radical (unpaired) electrons. The Bertz CT molecular complexity index is 157. The van der Waals surface area contributed by atoms with Crippen molar-refractivity contribution in [2.45, 2.75) is 6.92 Å². The average Bonchev–Trinajstić information content (AvgIpc) is 2.14. The molecule has 0 spiro atoms. The van der Waals surface area contributed by atoms with Gasteiger partial charge in [-0.3, -0.25) is 5.43 Å². The van der Waals surface area contributed by atoms with Gasteiger partial charge in [0.05, 0.1) is 0 Å². The summed E-state index contributed by atoms with van der Waals surface area (Å²) >= 11 is 1.39. The first-order chi connectivity index (χ1) is 3.83. The van der Waals surface area contributed by atoms with Crippen molar-refractivity contribution in [3.8, 4) is 6.19 Å². The minimum atomic E-state index is 1.10. The molecule has 0 bridgehead atoms. The highest BCUT2D eigenvalue weighted by Crippen LogP contribution is 2.21. The quantitative estimate of drug-likeness (QED) is 0.386. The third-order valence-electron chi connectivity index (χ3n) is 0.711. The molecule has 0 unspecified atom stereocenters. The van der Waals surface area contributed by atoms with E-state index in [1.165, 1.54) is 16.4 Å². The van der Waals surface area contributed by atoms with Crippen molar-refractivity contribution >= 4 is 11.9 Å². The average molecular weight is 127 g/mol. The molecule has 3 nitrogen and oxygen atoms in total. The van der Waals surface area contributed by atoms with Gasteiger partial charge in [-0.1, -0.05) is 0 Å². The summed E-state index contributed by atoms with van der Waals surface area (Å²) in [6.07, 6.45) is 3.71. The third-order valence-corrected chi connectivity index (χ3v) is 1.49. The second kappa shape index (κ2) is 1.97. The summed E-state index contributed by atoms with van der Waals surface area (Å²) < 4.78 is 1.38. The Hall–Kier alpha value is -0.820. The van der Waals surface area contributed by atoms with Crippen LogP contribution in [0.4, 0.5) is 0 Å².